The first-order valence-corrected chi connectivity index (χ1v) is 8.58. The molecule has 2 aromatic rings. The van der Waals surface area contributed by atoms with E-state index in [4.69, 9.17) is 4.74 Å². The van der Waals surface area contributed by atoms with E-state index < -0.39 is 10.7 Å². The van der Waals surface area contributed by atoms with Gasteiger partial charge in [0.15, 0.2) is 11.6 Å². The van der Waals surface area contributed by atoms with Gasteiger partial charge in [0, 0.05) is 32.2 Å². The summed E-state index contributed by atoms with van der Waals surface area (Å²) in [4.78, 5) is 26.9. The van der Waals surface area contributed by atoms with Crippen molar-refractivity contribution in [2.75, 3.05) is 38.2 Å². The molecule has 0 N–H and O–H groups in total. The number of amides is 1. The van der Waals surface area contributed by atoms with Crippen LogP contribution in [0.4, 0.5) is 15.8 Å². The van der Waals surface area contributed by atoms with E-state index in [1.165, 1.54) is 25.3 Å². The number of rotatable bonds is 5. The smallest absolute Gasteiger partial charge is 0.292 e. The lowest BCUT2D eigenvalue weighted by atomic mass is 10.1. The van der Waals surface area contributed by atoms with Crippen molar-refractivity contribution in [3.8, 4) is 5.75 Å². The summed E-state index contributed by atoms with van der Waals surface area (Å²) in [6, 6.07) is 11.1. The minimum atomic E-state index is -0.496. The number of carbonyl (C=O) groups excluding carboxylic acids is 1. The third-order valence-corrected chi connectivity index (χ3v) is 4.62. The van der Waals surface area contributed by atoms with Gasteiger partial charge < -0.3 is 14.5 Å². The van der Waals surface area contributed by atoms with Crippen LogP contribution in [0.2, 0.25) is 0 Å². The van der Waals surface area contributed by atoms with Gasteiger partial charge in [0.2, 0.25) is 5.91 Å². The van der Waals surface area contributed by atoms with Gasteiger partial charge in [-0.05, 0) is 23.8 Å². The van der Waals surface area contributed by atoms with Gasteiger partial charge >= 0.3 is 0 Å². The van der Waals surface area contributed by atoms with Crippen molar-refractivity contribution in [2.45, 2.75) is 6.42 Å². The highest BCUT2D eigenvalue weighted by Crippen LogP contribution is 2.28. The maximum Gasteiger partial charge on any atom is 0.292 e. The normalized spacial score (nSPS) is 14.1. The topological polar surface area (TPSA) is 75.9 Å². The second-order valence-electron chi connectivity index (χ2n) is 6.26. The van der Waals surface area contributed by atoms with Crippen LogP contribution in [-0.4, -0.2) is 49.0 Å². The molecule has 0 aliphatic carbocycles. The van der Waals surface area contributed by atoms with Crippen LogP contribution < -0.4 is 9.64 Å². The Balaban J connectivity index is 1.61. The molecule has 1 saturated heterocycles. The summed E-state index contributed by atoms with van der Waals surface area (Å²) in [6.07, 6.45) is 0.104. The molecule has 2 aromatic carbocycles. The number of halogens is 1. The maximum atomic E-state index is 13.8. The lowest BCUT2D eigenvalue weighted by Crippen LogP contribution is -2.49. The van der Waals surface area contributed by atoms with Gasteiger partial charge in [0.25, 0.3) is 5.69 Å². The Hall–Kier alpha value is -3.16. The molecular weight excluding hydrogens is 353 g/mol. The molecular formula is C19H20FN3O4. The number of para-hydroxylation sites is 2. The van der Waals surface area contributed by atoms with Crippen molar-refractivity contribution >= 4 is 17.3 Å². The lowest BCUT2D eigenvalue weighted by molar-refractivity contribution is -0.384. The first-order valence-electron chi connectivity index (χ1n) is 8.58. The quantitative estimate of drug-likeness (QED) is 0.595. The SMILES string of the molecule is COc1ccc(CC(=O)N2CCN(c3ccccc3[N+](=O)[O-])CC2)cc1F. The van der Waals surface area contributed by atoms with E-state index in [1.807, 2.05) is 4.90 Å². The standard InChI is InChI=1S/C19H20FN3O4/c1-27-18-7-6-14(12-15(18)20)13-19(24)22-10-8-21(9-11-22)16-4-2-3-5-17(16)23(25)26/h2-7,12H,8-11,13H2,1H3. The van der Waals surface area contributed by atoms with Crippen LogP contribution in [0.25, 0.3) is 0 Å². The van der Waals surface area contributed by atoms with Gasteiger partial charge in [-0.15, -0.1) is 0 Å². The van der Waals surface area contributed by atoms with Crippen LogP contribution >= 0.6 is 0 Å². The summed E-state index contributed by atoms with van der Waals surface area (Å²) in [5.41, 5.74) is 1.21. The monoisotopic (exact) mass is 373 g/mol. The second kappa shape index (κ2) is 8.03. The zero-order chi connectivity index (χ0) is 19.4. The molecule has 1 amide bonds. The molecule has 142 valence electrons. The number of nitro groups is 1. The highest BCUT2D eigenvalue weighted by Gasteiger charge is 2.25. The van der Waals surface area contributed by atoms with Crippen LogP contribution in [-0.2, 0) is 11.2 Å². The predicted octanol–water partition coefficient (Wildman–Crippen LogP) is 2.63. The molecule has 27 heavy (non-hydrogen) atoms. The molecule has 0 aromatic heterocycles. The molecule has 1 heterocycles. The minimum Gasteiger partial charge on any atom is -0.494 e. The summed E-state index contributed by atoms with van der Waals surface area (Å²) in [5, 5.41) is 11.2. The lowest BCUT2D eigenvalue weighted by Gasteiger charge is -2.35. The number of piperazine rings is 1. The van der Waals surface area contributed by atoms with Crippen molar-refractivity contribution in [3.05, 3.63) is 64.0 Å². The molecule has 1 fully saturated rings. The highest BCUT2D eigenvalue weighted by atomic mass is 19.1. The molecule has 0 spiro atoms. The fourth-order valence-corrected chi connectivity index (χ4v) is 3.19. The van der Waals surface area contributed by atoms with Crippen molar-refractivity contribution in [3.63, 3.8) is 0 Å². The van der Waals surface area contributed by atoms with Gasteiger partial charge in [-0.25, -0.2) is 4.39 Å². The molecule has 0 bridgehead atoms. The van der Waals surface area contributed by atoms with Gasteiger partial charge in [-0.2, -0.15) is 0 Å². The van der Waals surface area contributed by atoms with E-state index in [0.29, 0.717) is 37.4 Å². The number of ether oxygens (including phenoxy) is 1. The number of nitro benzene ring substituents is 1. The van der Waals surface area contributed by atoms with Gasteiger partial charge in [-0.3, -0.25) is 14.9 Å². The molecule has 0 radical (unpaired) electrons. The summed E-state index contributed by atoms with van der Waals surface area (Å²) < 4.78 is 18.7. The van der Waals surface area contributed by atoms with Crippen LogP contribution in [0.5, 0.6) is 5.75 Å². The molecule has 0 unspecified atom stereocenters. The van der Waals surface area contributed by atoms with Crippen molar-refractivity contribution in [1.82, 2.24) is 4.90 Å². The average Bonchev–Trinajstić information content (AvgIpc) is 2.68. The molecule has 1 aliphatic heterocycles. The van der Waals surface area contributed by atoms with Crippen LogP contribution in [0.15, 0.2) is 42.5 Å². The average molecular weight is 373 g/mol. The Morgan fingerprint density at radius 2 is 1.89 bits per heavy atom. The predicted molar refractivity (Wildman–Crippen MR) is 98.5 cm³/mol. The molecule has 1 aliphatic rings. The molecule has 0 atom stereocenters. The second-order valence-corrected chi connectivity index (χ2v) is 6.26. The molecule has 3 rings (SSSR count). The number of carbonyl (C=O) groups is 1. The fourth-order valence-electron chi connectivity index (χ4n) is 3.19. The zero-order valence-corrected chi connectivity index (χ0v) is 14.9. The third-order valence-electron chi connectivity index (χ3n) is 4.62. The molecule has 0 saturated carbocycles. The number of anilines is 1. The highest BCUT2D eigenvalue weighted by molar-refractivity contribution is 5.79. The van der Waals surface area contributed by atoms with E-state index in [0.717, 1.165) is 0 Å². The molecule has 7 nitrogen and oxygen atoms in total. The van der Waals surface area contributed by atoms with Crippen molar-refractivity contribution in [2.24, 2.45) is 0 Å². The number of methoxy groups -OCH3 is 1. The number of benzene rings is 2. The van der Waals surface area contributed by atoms with Gasteiger partial charge in [-0.1, -0.05) is 18.2 Å². The summed E-state index contributed by atoms with van der Waals surface area (Å²) >= 11 is 0. The number of hydrogen-bond acceptors (Lipinski definition) is 5. The van der Waals surface area contributed by atoms with E-state index >= 15 is 0 Å². The van der Waals surface area contributed by atoms with Gasteiger partial charge in [0.05, 0.1) is 18.5 Å². The van der Waals surface area contributed by atoms with Crippen molar-refractivity contribution in [1.29, 1.82) is 0 Å². The number of nitrogens with zero attached hydrogens (tertiary/aromatic N) is 3. The van der Waals surface area contributed by atoms with Crippen molar-refractivity contribution < 1.29 is 18.8 Å². The Kier molecular flexibility index (Phi) is 5.54. The molecule has 8 heteroatoms. The summed E-state index contributed by atoms with van der Waals surface area (Å²) in [6.45, 7) is 1.94. The van der Waals surface area contributed by atoms with Crippen LogP contribution in [0.3, 0.4) is 0 Å². The first kappa shape index (κ1) is 18.6. The fraction of sp³-hybridized carbons (Fsp3) is 0.316. The van der Waals surface area contributed by atoms with E-state index in [-0.39, 0.29) is 23.8 Å². The largest absolute Gasteiger partial charge is 0.494 e. The minimum absolute atomic E-state index is 0.0611. The van der Waals surface area contributed by atoms with E-state index in [2.05, 4.69) is 0 Å². The van der Waals surface area contributed by atoms with E-state index in [1.54, 1.807) is 29.2 Å². The maximum absolute atomic E-state index is 13.8. The summed E-state index contributed by atoms with van der Waals surface area (Å²) in [5.74, 6) is -0.449. The Morgan fingerprint density at radius 1 is 1.19 bits per heavy atom. The Labute approximate surface area is 156 Å². The number of hydrogen-bond donors (Lipinski definition) is 0. The van der Waals surface area contributed by atoms with Gasteiger partial charge in [0.1, 0.15) is 5.69 Å². The zero-order valence-electron chi connectivity index (χ0n) is 14.9. The Bertz CT molecular complexity index is 851. The summed E-state index contributed by atoms with van der Waals surface area (Å²) in [7, 11) is 1.39. The van der Waals surface area contributed by atoms with E-state index in [9.17, 15) is 19.3 Å². The third kappa shape index (κ3) is 4.16. The van der Waals surface area contributed by atoms with Crippen LogP contribution in [0, 0.1) is 15.9 Å². The Morgan fingerprint density at radius 3 is 2.52 bits per heavy atom. The first-order chi connectivity index (χ1) is 13.0. The van der Waals surface area contributed by atoms with Crippen LogP contribution in [0.1, 0.15) is 5.56 Å².